The predicted molar refractivity (Wildman–Crippen MR) is 270 cm³/mol. The van der Waals surface area contributed by atoms with Gasteiger partial charge in [-0.2, -0.15) is 0 Å². The zero-order chi connectivity index (χ0) is 46.1. The molecule has 0 saturated carbocycles. The minimum Gasteiger partial charge on any atom is -0.462 e. The van der Waals surface area contributed by atoms with E-state index in [1.807, 2.05) is 0 Å². The van der Waals surface area contributed by atoms with Crippen molar-refractivity contribution >= 4 is 17.9 Å². The van der Waals surface area contributed by atoms with Gasteiger partial charge in [0.15, 0.2) is 6.10 Å². The molecule has 0 aromatic carbocycles. The molecule has 0 aliphatic rings. The summed E-state index contributed by atoms with van der Waals surface area (Å²) in [6.45, 7) is 11.4. The van der Waals surface area contributed by atoms with Gasteiger partial charge in [-0.1, -0.05) is 279 Å². The fourth-order valence-corrected chi connectivity index (χ4v) is 8.70. The van der Waals surface area contributed by atoms with Crippen molar-refractivity contribution in [3.8, 4) is 0 Å². The number of rotatable bonds is 51. The number of hydrogen-bond acceptors (Lipinski definition) is 6. The first-order valence-electron chi connectivity index (χ1n) is 28.2. The fraction of sp³-hybridized carbons (Fsp3) is 0.947. The summed E-state index contributed by atoms with van der Waals surface area (Å²) in [6, 6.07) is 0. The van der Waals surface area contributed by atoms with Crippen molar-refractivity contribution in [1.29, 1.82) is 0 Å². The Bertz CT molecular complexity index is 962. The summed E-state index contributed by atoms with van der Waals surface area (Å²) in [5.41, 5.74) is 0. The molecule has 6 nitrogen and oxygen atoms in total. The molecule has 0 radical (unpaired) electrons. The highest BCUT2D eigenvalue weighted by Crippen LogP contribution is 2.18. The zero-order valence-corrected chi connectivity index (χ0v) is 43.2. The first kappa shape index (κ1) is 61.4. The van der Waals surface area contributed by atoms with Crippen LogP contribution in [-0.4, -0.2) is 37.2 Å². The summed E-state index contributed by atoms with van der Waals surface area (Å²) in [7, 11) is 0. The van der Waals surface area contributed by atoms with E-state index in [2.05, 4.69) is 34.6 Å². The van der Waals surface area contributed by atoms with Crippen molar-refractivity contribution in [2.45, 2.75) is 323 Å². The van der Waals surface area contributed by atoms with Crippen molar-refractivity contribution in [3.63, 3.8) is 0 Å². The maximum Gasteiger partial charge on any atom is 0.306 e. The lowest BCUT2D eigenvalue weighted by Gasteiger charge is -2.18. The smallest absolute Gasteiger partial charge is 0.306 e. The van der Waals surface area contributed by atoms with Gasteiger partial charge in [0.25, 0.3) is 0 Å². The second kappa shape index (κ2) is 49.8. The summed E-state index contributed by atoms with van der Waals surface area (Å²) in [6.07, 6.45) is 52.3. The minimum absolute atomic E-state index is 0.0628. The molecule has 0 N–H and O–H groups in total. The molecular weight excluding hydrogens is 781 g/mol. The number of unbranched alkanes of at least 4 members (excludes halogenated alkanes) is 36. The van der Waals surface area contributed by atoms with Crippen LogP contribution in [0.5, 0.6) is 0 Å². The van der Waals surface area contributed by atoms with Gasteiger partial charge in [0.2, 0.25) is 0 Å². The molecule has 0 aliphatic carbocycles. The third-order valence-corrected chi connectivity index (χ3v) is 13.0. The number of carbonyl (C=O) groups is 3. The van der Waals surface area contributed by atoms with Crippen LogP contribution in [0.2, 0.25) is 0 Å². The summed E-state index contributed by atoms with van der Waals surface area (Å²) in [4.78, 5) is 38.1. The van der Waals surface area contributed by atoms with E-state index in [1.54, 1.807) is 0 Å². The maximum atomic E-state index is 12.8. The van der Waals surface area contributed by atoms with E-state index in [-0.39, 0.29) is 31.1 Å². The summed E-state index contributed by atoms with van der Waals surface area (Å²) in [5.74, 6) is 0.847. The Morgan fingerprint density at radius 1 is 0.302 bits per heavy atom. The largest absolute Gasteiger partial charge is 0.462 e. The second-order valence-corrected chi connectivity index (χ2v) is 20.5. The van der Waals surface area contributed by atoms with Crippen LogP contribution in [0.25, 0.3) is 0 Å². The van der Waals surface area contributed by atoms with E-state index >= 15 is 0 Å². The molecule has 0 aromatic rings. The highest BCUT2D eigenvalue weighted by atomic mass is 16.6. The van der Waals surface area contributed by atoms with E-state index in [4.69, 9.17) is 14.2 Å². The lowest BCUT2D eigenvalue weighted by molar-refractivity contribution is -0.167. The standard InChI is InChI=1S/C57H110O6/c1-6-7-8-9-10-11-20-27-32-37-42-47-55(58)61-50-54(63-57(60)49-44-39-34-29-24-19-15-13-17-22-26-31-36-41-46-53(4)5)51-62-56(59)48-43-38-33-28-23-18-14-12-16-21-25-30-35-40-45-52(2)3/h52-54H,6-51H2,1-5H3/t54-/m1/s1. The lowest BCUT2D eigenvalue weighted by atomic mass is 10.0. The van der Waals surface area contributed by atoms with Gasteiger partial charge in [-0.15, -0.1) is 0 Å². The summed E-state index contributed by atoms with van der Waals surface area (Å²) >= 11 is 0. The molecule has 0 amide bonds. The van der Waals surface area contributed by atoms with E-state index in [0.29, 0.717) is 19.3 Å². The summed E-state index contributed by atoms with van der Waals surface area (Å²) in [5, 5.41) is 0. The monoisotopic (exact) mass is 891 g/mol. The molecule has 0 heterocycles. The Morgan fingerprint density at radius 2 is 0.524 bits per heavy atom. The Morgan fingerprint density at radius 3 is 0.778 bits per heavy atom. The average molecular weight is 892 g/mol. The normalized spacial score (nSPS) is 12.0. The van der Waals surface area contributed by atoms with E-state index in [0.717, 1.165) is 69.6 Å². The van der Waals surface area contributed by atoms with Crippen LogP contribution in [0.1, 0.15) is 317 Å². The molecule has 0 fully saturated rings. The zero-order valence-electron chi connectivity index (χ0n) is 43.2. The van der Waals surface area contributed by atoms with Crippen molar-refractivity contribution < 1.29 is 28.6 Å². The number of ether oxygens (including phenoxy) is 3. The first-order valence-corrected chi connectivity index (χ1v) is 28.2. The van der Waals surface area contributed by atoms with Crippen LogP contribution in [0.4, 0.5) is 0 Å². The molecular formula is C57H110O6. The molecule has 0 aliphatic heterocycles. The van der Waals surface area contributed by atoms with Gasteiger partial charge in [0.05, 0.1) is 0 Å². The van der Waals surface area contributed by atoms with E-state index < -0.39 is 6.10 Å². The third kappa shape index (κ3) is 51.3. The number of carbonyl (C=O) groups excluding carboxylic acids is 3. The van der Waals surface area contributed by atoms with Gasteiger partial charge in [-0.25, -0.2) is 0 Å². The Labute approximate surface area is 393 Å². The van der Waals surface area contributed by atoms with Crippen LogP contribution >= 0.6 is 0 Å². The maximum absolute atomic E-state index is 12.8. The van der Waals surface area contributed by atoms with Crippen LogP contribution in [-0.2, 0) is 28.6 Å². The van der Waals surface area contributed by atoms with Crippen molar-refractivity contribution in [1.82, 2.24) is 0 Å². The van der Waals surface area contributed by atoms with Crippen LogP contribution in [0, 0.1) is 11.8 Å². The van der Waals surface area contributed by atoms with Gasteiger partial charge in [-0.3, -0.25) is 14.4 Å². The third-order valence-electron chi connectivity index (χ3n) is 13.0. The molecule has 0 rings (SSSR count). The van der Waals surface area contributed by atoms with Gasteiger partial charge < -0.3 is 14.2 Å². The Balaban J connectivity index is 4.27. The topological polar surface area (TPSA) is 78.9 Å². The Hall–Kier alpha value is -1.59. The van der Waals surface area contributed by atoms with E-state index in [1.165, 1.54) is 205 Å². The van der Waals surface area contributed by atoms with Crippen LogP contribution in [0.3, 0.4) is 0 Å². The first-order chi connectivity index (χ1) is 30.7. The average Bonchev–Trinajstić information content (AvgIpc) is 3.25. The molecule has 0 aromatic heterocycles. The van der Waals surface area contributed by atoms with Gasteiger partial charge in [-0.05, 0) is 31.1 Å². The molecule has 63 heavy (non-hydrogen) atoms. The SMILES string of the molecule is CCCCCCCCCCCCCC(=O)OC[C@H](COC(=O)CCCCCCCCCCCCCCCCC(C)C)OC(=O)CCCCCCCCCCCCCCCCC(C)C. The van der Waals surface area contributed by atoms with Crippen molar-refractivity contribution in [3.05, 3.63) is 0 Å². The molecule has 0 bridgehead atoms. The van der Waals surface area contributed by atoms with Gasteiger partial charge >= 0.3 is 17.9 Å². The molecule has 0 saturated heterocycles. The second-order valence-electron chi connectivity index (χ2n) is 20.5. The Kier molecular flexibility index (Phi) is 48.6. The summed E-state index contributed by atoms with van der Waals surface area (Å²) < 4.78 is 16.9. The van der Waals surface area contributed by atoms with Crippen LogP contribution in [0.15, 0.2) is 0 Å². The molecule has 0 spiro atoms. The number of hydrogen-bond donors (Lipinski definition) is 0. The highest BCUT2D eigenvalue weighted by molar-refractivity contribution is 5.71. The van der Waals surface area contributed by atoms with Gasteiger partial charge in [0, 0.05) is 19.3 Å². The molecule has 1 atom stereocenters. The quantitative estimate of drug-likeness (QED) is 0.0344. The van der Waals surface area contributed by atoms with Crippen molar-refractivity contribution in [2.24, 2.45) is 11.8 Å². The molecule has 6 heteroatoms. The number of esters is 3. The van der Waals surface area contributed by atoms with Gasteiger partial charge in [0.1, 0.15) is 13.2 Å². The van der Waals surface area contributed by atoms with Crippen LogP contribution < -0.4 is 0 Å². The predicted octanol–water partition coefficient (Wildman–Crippen LogP) is 18.5. The minimum atomic E-state index is -0.762. The highest BCUT2D eigenvalue weighted by Gasteiger charge is 2.19. The van der Waals surface area contributed by atoms with Crippen molar-refractivity contribution in [2.75, 3.05) is 13.2 Å². The molecule has 0 unspecified atom stereocenters. The van der Waals surface area contributed by atoms with E-state index in [9.17, 15) is 14.4 Å². The molecule has 374 valence electrons. The fourth-order valence-electron chi connectivity index (χ4n) is 8.70. The lowest BCUT2D eigenvalue weighted by Crippen LogP contribution is -2.30.